The molecule has 0 aliphatic carbocycles. The van der Waals surface area contributed by atoms with Crippen molar-refractivity contribution in [2.75, 3.05) is 6.54 Å². The number of aryl methyl sites for hydroxylation is 1. The van der Waals surface area contributed by atoms with Gasteiger partial charge in [-0.25, -0.2) is 9.97 Å². The number of non-ortho nitro benzene ring substituents is 1. The third kappa shape index (κ3) is 2.62. The highest BCUT2D eigenvalue weighted by Crippen LogP contribution is 2.23. The fourth-order valence-electron chi connectivity index (χ4n) is 2.57. The maximum atomic E-state index is 10.7. The predicted octanol–water partition coefficient (Wildman–Crippen LogP) is 2.26. The molecule has 1 aromatic heterocycles. The van der Waals surface area contributed by atoms with Crippen molar-refractivity contribution in [2.24, 2.45) is 0 Å². The average molecular weight is 284 g/mol. The highest BCUT2D eigenvalue weighted by atomic mass is 16.6. The van der Waals surface area contributed by atoms with Gasteiger partial charge in [-0.05, 0) is 18.6 Å². The molecule has 6 nitrogen and oxygen atoms in total. The number of hydrogen-bond donors (Lipinski definition) is 1. The van der Waals surface area contributed by atoms with E-state index in [-0.39, 0.29) is 5.69 Å². The molecule has 6 heteroatoms. The molecular weight excluding hydrogens is 268 g/mol. The van der Waals surface area contributed by atoms with E-state index in [2.05, 4.69) is 22.2 Å². The number of fused-ring (bicyclic) bond motifs is 1. The molecule has 0 unspecified atom stereocenters. The van der Waals surface area contributed by atoms with Gasteiger partial charge in [-0.1, -0.05) is 6.92 Å². The normalized spacial score (nSPS) is 13.8. The van der Waals surface area contributed by atoms with Crippen LogP contribution in [0.2, 0.25) is 0 Å². The second-order valence-corrected chi connectivity index (χ2v) is 5.00. The van der Waals surface area contributed by atoms with Crippen molar-refractivity contribution >= 4 is 5.69 Å². The second kappa shape index (κ2) is 5.57. The molecule has 0 saturated carbocycles. The molecule has 1 aliphatic heterocycles. The van der Waals surface area contributed by atoms with E-state index in [1.54, 1.807) is 12.1 Å². The molecule has 2 heterocycles. The third-order valence-corrected chi connectivity index (χ3v) is 3.69. The zero-order valence-electron chi connectivity index (χ0n) is 11.8. The highest BCUT2D eigenvalue weighted by Gasteiger charge is 2.17. The van der Waals surface area contributed by atoms with E-state index >= 15 is 0 Å². The van der Waals surface area contributed by atoms with E-state index in [1.165, 1.54) is 17.7 Å². The van der Waals surface area contributed by atoms with Crippen molar-refractivity contribution in [3.05, 3.63) is 51.3 Å². The Bertz CT molecular complexity index is 666. The molecule has 1 aliphatic rings. The third-order valence-electron chi connectivity index (χ3n) is 3.69. The standard InChI is InChI=1S/C15H16N4O2/c1-2-13-12-9-16-8-7-14(12)18-15(17-13)10-3-5-11(6-4-10)19(20)21/h3-6,16H,2,7-9H2,1H3. The van der Waals surface area contributed by atoms with E-state index in [9.17, 15) is 10.1 Å². The second-order valence-electron chi connectivity index (χ2n) is 5.00. The van der Waals surface area contributed by atoms with Gasteiger partial charge in [0.1, 0.15) is 0 Å². The van der Waals surface area contributed by atoms with E-state index in [0.29, 0.717) is 5.82 Å². The molecule has 1 aromatic carbocycles. The highest BCUT2D eigenvalue weighted by molar-refractivity contribution is 5.58. The lowest BCUT2D eigenvalue weighted by Crippen LogP contribution is -2.26. The Morgan fingerprint density at radius 3 is 2.71 bits per heavy atom. The lowest BCUT2D eigenvalue weighted by Gasteiger charge is -2.19. The van der Waals surface area contributed by atoms with Crippen molar-refractivity contribution in [3.63, 3.8) is 0 Å². The minimum atomic E-state index is -0.402. The zero-order chi connectivity index (χ0) is 14.8. The summed E-state index contributed by atoms with van der Waals surface area (Å²) in [5.74, 6) is 0.655. The Morgan fingerprint density at radius 1 is 1.29 bits per heavy atom. The Labute approximate surface area is 122 Å². The van der Waals surface area contributed by atoms with Crippen LogP contribution in [0.5, 0.6) is 0 Å². The number of rotatable bonds is 3. The van der Waals surface area contributed by atoms with Crippen LogP contribution in [0.15, 0.2) is 24.3 Å². The van der Waals surface area contributed by atoms with Crippen LogP contribution in [-0.4, -0.2) is 21.4 Å². The van der Waals surface area contributed by atoms with Crippen LogP contribution < -0.4 is 5.32 Å². The van der Waals surface area contributed by atoms with Crippen molar-refractivity contribution in [1.29, 1.82) is 0 Å². The SMILES string of the molecule is CCc1nc(-c2ccc([N+](=O)[O-])cc2)nc2c1CNCC2. The van der Waals surface area contributed by atoms with E-state index < -0.39 is 4.92 Å². The number of hydrogen-bond acceptors (Lipinski definition) is 5. The van der Waals surface area contributed by atoms with Crippen LogP contribution in [0.4, 0.5) is 5.69 Å². The van der Waals surface area contributed by atoms with Crippen LogP contribution in [0.3, 0.4) is 0 Å². The maximum Gasteiger partial charge on any atom is 0.269 e. The summed E-state index contributed by atoms with van der Waals surface area (Å²) in [5.41, 5.74) is 4.25. The first-order chi connectivity index (χ1) is 10.2. The molecule has 0 spiro atoms. The van der Waals surface area contributed by atoms with Gasteiger partial charge < -0.3 is 5.32 Å². The summed E-state index contributed by atoms with van der Waals surface area (Å²) in [6.07, 6.45) is 1.75. The van der Waals surface area contributed by atoms with Crippen molar-refractivity contribution < 1.29 is 4.92 Å². The molecule has 0 saturated heterocycles. The monoisotopic (exact) mass is 284 g/mol. The fraction of sp³-hybridized carbons (Fsp3) is 0.333. The summed E-state index contributed by atoms with van der Waals surface area (Å²) < 4.78 is 0. The van der Waals surface area contributed by atoms with Crippen molar-refractivity contribution in [1.82, 2.24) is 15.3 Å². The van der Waals surface area contributed by atoms with E-state index in [1.807, 2.05) is 0 Å². The molecule has 0 atom stereocenters. The minimum absolute atomic E-state index is 0.0802. The quantitative estimate of drug-likeness (QED) is 0.690. The van der Waals surface area contributed by atoms with Gasteiger partial charge in [-0.3, -0.25) is 10.1 Å². The maximum absolute atomic E-state index is 10.7. The first-order valence-electron chi connectivity index (χ1n) is 7.03. The number of benzene rings is 1. The summed E-state index contributed by atoms with van der Waals surface area (Å²) in [4.78, 5) is 19.6. The Balaban J connectivity index is 2.03. The van der Waals surface area contributed by atoms with Crippen LogP contribution in [0.25, 0.3) is 11.4 Å². The topological polar surface area (TPSA) is 81.0 Å². The van der Waals surface area contributed by atoms with Crippen LogP contribution in [0, 0.1) is 10.1 Å². The van der Waals surface area contributed by atoms with Gasteiger partial charge in [-0.2, -0.15) is 0 Å². The molecule has 108 valence electrons. The molecule has 1 N–H and O–H groups in total. The molecule has 0 radical (unpaired) electrons. The number of aromatic nitrogens is 2. The van der Waals surface area contributed by atoms with Gasteiger partial charge in [0.15, 0.2) is 5.82 Å². The summed E-state index contributed by atoms with van der Waals surface area (Å²) in [6, 6.07) is 6.40. The van der Waals surface area contributed by atoms with Gasteiger partial charge in [0.05, 0.1) is 10.6 Å². The van der Waals surface area contributed by atoms with Gasteiger partial charge in [0.25, 0.3) is 5.69 Å². The summed E-state index contributed by atoms with van der Waals surface area (Å²) in [7, 11) is 0. The molecule has 0 fully saturated rings. The van der Waals surface area contributed by atoms with Crippen LogP contribution >= 0.6 is 0 Å². The number of nitro benzene ring substituents is 1. The average Bonchev–Trinajstić information content (AvgIpc) is 2.53. The summed E-state index contributed by atoms with van der Waals surface area (Å²) in [5, 5.41) is 14.0. The lowest BCUT2D eigenvalue weighted by molar-refractivity contribution is -0.384. The van der Waals surface area contributed by atoms with Crippen molar-refractivity contribution in [2.45, 2.75) is 26.3 Å². The molecule has 0 bridgehead atoms. The number of nitro groups is 1. The van der Waals surface area contributed by atoms with E-state index in [4.69, 9.17) is 0 Å². The molecule has 2 aromatic rings. The first kappa shape index (κ1) is 13.6. The smallest absolute Gasteiger partial charge is 0.269 e. The van der Waals surface area contributed by atoms with Crippen LogP contribution in [0.1, 0.15) is 23.9 Å². The van der Waals surface area contributed by atoms with Gasteiger partial charge in [0, 0.05) is 48.5 Å². The lowest BCUT2D eigenvalue weighted by atomic mass is 10.0. The van der Waals surface area contributed by atoms with Crippen LogP contribution in [-0.2, 0) is 19.4 Å². The Hall–Kier alpha value is -2.34. The van der Waals surface area contributed by atoms with Gasteiger partial charge in [-0.15, -0.1) is 0 Å². The zero-order valence-corrected chi connectivity index (χ0v) is 11.8. The number of nitrogens with zero attached hydrogens (tertiary/aromatic N) is 3. The molecule has 21 heavy (non-hydrogen) atoms. The number of nitrogens with one attached hydrogen (secondary N) is 1. The van der Waals surface area contributed by atoms with Gasteiger partial charge >= 0.3 is 0 Å². The Morgan fingerprint density at radius 2 is 2.05 bits per heavy atom. The largest absolute Gasteiger partial charge is 0.312 e. The molecular formula is C15H16N4O2. The summed E-state index contributed by atoms with van der Waals surface area (Å²) >= 11 is 0. The minimum Gasteiger partial charge on any atom is -0.312 e. The predicted molar refractivity (Wildman–Crippen MR) is 78.9 cm³/mol. The fourth-order valence-corrected chi connectivity index (χ4v) is 2.57. The molecule has 3 rings (SSSR count). The Kier molecular flexibility index (Phi) is 3.62. The van der Waals surface area contributed by atoms with E-state index in [0.717, 1.165) is 42.9 Å². The van der Waals surface area contributed by atoms with Crippen molar-refractivity contribution in [3.8, 4) is 11.4 Å². The first-order valence-corrected chi connectivity index (χ1v) is 7.03. The summed E-state index contributed by atoms with van der Waals surface area (Å²) in [6.45, 7) is 3.82. The molecule has 0 amide bonds. The van der Waals surface area contributed by atoms with Gasteiger partial charge in [0.2, 0.25) is 0 Å².